The summed E-state index contributed by atoms with van der Waals surface area (Å²) in [6.45, 7) is 9.55. The molecule has 0 aliphatic carbocycles. The standard InChI is InChI=1S/C18H25N5OS/c1-18(2,3)15-12-23-17(20-15)25-16(21-23)19-11-13(14-7-6-10-24-14)22-8-4-5-9-22/h6-7,10,12-13H,4-5,8-9,11H2,1-3H3,(H,19,21)/t13-/m1/s1. The van der Waals surface area contributed by atoms with Gasteiger partial charge < -0.3 is 9.73 Å². The molecule has 4 rings (SSSR count). The number of imidazole rings is 1. The molecular weight excluding hydrogens is 334 g/mol. The van der Waals surface area contributed by atoms with Crippen LogP contribution in [0.4, 0.5) is 5.13 Å². The fraction of sp³-hybridized carbons (Fsp3) is 0.556. The lowest BCUT2D eigenvalue weighted by molar-refractivity contribution is 0.225. The van der Waals surface area contributed by atoms with E-state index >= 15 is 0 Å². The minimum atomic E-state index is 0.0428. The third kappa shape index (κ3) is 3.43. The van der Waals surface area contributed by atoms with Gasteiger partial charge in [-0.1, -0.05) is 32.1 Å². The molecule has 1 N–H and O–H groups in total. The summed E-state index contributed by atoms with van der Waals surface area (Å²) in [5.41, 5.74) is 1.12. The lowest BCUT2D eigenvalue weighted by Gasteiger charge is -2.25. The molecule has 1 aliphatic rings. The van der Waals surface area contributed by atoms with E-state index in [1.807, 2.05) is 16.8 Å². The van der Waals surface area contributed by atoms with Crippen LogP contribution in [0.3, 0.4) is 0 Å². The lowest BCUT2D eigenvalue weighted by atomic mass is 9.93. The number of rotatable bonds is 5. The second-order valence-corrected chi connectivity index (χ2v) is 8.62. The van der Waals surface area contributed by atoms with Crippen molar-refractivity contribution < 1.29 is 4.42 Å². The number of anilines is 1. The maximum Gasteiger partial charge on any atom is 0.214 e. The van der Waals surface area contributed by atoms with Gasteiger partial charge in [0.1, 0.15) is 5.76 Å². The third-order valence-electron chi connectivity index (χ3n) is 4.71. The summed E-state index contributed by atoms with van der Waals surface area (Å²) in [6.07, 6.45) is 6.31. The molecule has 0 amide bonds. The molecule has 1 saturated heterocycles. The van der Waals surface area contributed by atoms with E-state index in [0.717, 1.165) is 41.2 Å². The normalized spacial score (nSPS) is 17.4. The van der Waals surface area contributed by atoms with Gasteiger partial charge in [0.15, 0.2) is 0 Å². The largest absolute Gasteiger partial charge is 0.468 e. The molecule has 3 aromatic heterocycles. The summed E-state index contributed by atoms with van der Waals surface area (Å²) in [6, 6.07) is 4.28. The monoisotopic (exact) mass is 359 g/mol. The Morgan fingerprint density at radius 1 is 1.32 bits per heavy atom. The summed E-state index contributed by atoms with van der Waals surface area (Å²) in [5, 5.41) is 9.03. The van der Waals surface area contributed by atoms with Crippen molar-refractivity contribution in [2.75, 3.05) is 25.0 Å². The average Bonchev–Trinajstić information content (AvgIpc) is 3.32. The molecule has 4 heterocycles. The van der Waals surface area contributed by atoms with Gasteiger partial charge in [-0.05, 0) is 38.1 Å². The van der Waals surface area contributed by atoms with Gasteiger partial charge in [0.05, 0.1) is 24.2 Å². The Kier molecular flexibility index (Phi) is 4.29. The van der Waals surface area contributed by atoms with Crippen LogP contribution in [-0.2, 0) is 5.41 Å². The number of fused-ring (bicyclic) bond motifs is 1. The van der Waals surface area contributed by atoms with Crippen molar-refractivity contribution in [1.29, 1.82) is 0 Å². The van der Waals surface area contributed by atoms with Crippen molar-refractivity contribution in [3.05, 3.63) is 36.0 Å². The van der Waals surface area contributed by atoms with Crippen LogP contribution in [0.1, 0.15) is 51.1 Å². The first-order chi connectivity index (χ1) is 12.0. The predicted molar refractivity (Wildman–Crippen MR) is 100 cm³/mol. The lowest BCUT2D eigenvalue weighted by Crippen LogP contribution is -2.30. The molecule has 1 aliphatic heterocycles. The summed E-state index contributed by atoms with van der Waals surface area (Å²) in [7, 11) is 0. The predicted octanol–water partition coefficient (Wildman–Crippen LogP) is 3.93. The average molecular weight is 359 g/mol. The van der Waals surface area contributed by atoms with Crippen molar-refractivity contribution in [2.45, 2.75) is 45.1 Å². The second kappa shape index (κ2) is 6.46. The van der Waals surface area contributed by atoms with Gasteiger partial charge in [-0.25, -0.2) is 9.50 Å². The Morgan fingerprint density at radius 3 is 2.76 bits per heavy atom. The van der Waals surface area contributed by atoms with Crippen LogP contribution in [0, 0.1) is 0 Å². The van der Waals surface area contributed by atoms with Crippen LogP contribution in [0.25, 0.3) is 4.96 Å². The van der Waals surface area contributed by atoms with Crippen molar-refractivity contribution in [3.8, 4) is 0 Å². The molecule has 1 fully saturated rings. The zero-order valence-corrected chi connectivity index (χ0v) is 15.8. The summed E-state index contributed by atoms with van der Waals surface area (Å²) < 4.78 is 7.56. The first-order valence-electron chi connectivity index (χ1n) is 8.89. The van der Waals surface area contributed by atoms with Gasteiger partial charge in [-0.3, -0.25) is 4.90 Å². The smallest absolute Gasteiger partial charge is 0.214 e. The van der Waals surface area contributed by atoms with Crippen LogP contribution >= 0.6 is 11.3 Å². The van der Waals surface area contributed by atoms with E-state index in [0.29, 0.717) is 0 Å². The highest BCUT2D eigenvalue weighted by Crippen LogP contribution is 2.28. The molecule has 0 bridgehead atoms. The van der Waals surface area contributed by atoms with E-state index in [4.69, 9.17) is 9.40 Å². The van der Waals surface area contributed by atoms with Gasteiger partial charge >= 0.3 is 0 Å². The summed E-state index contributed by atoms with van der Waals surface area (Å²) >= 11 is 1.60. The zero-order chi connectivity index (χ0) is 17.4. The summed E-state index contributed by atoms with van der Waals surface area (Å²) in [4.78, 5) is 8.13. The fourth-order valence-corrected chi connectivity index (χ4v) is 4.05. The van der Waals surface area contributed by atoms with Crippen molar-refractivity contribution >= 4 is 21.4 Å². The van der Waals surface area contributed by atoms with Gasteiger partial charge in [-0.15, -0.1) is 5.10 Å². The SMILES string of the molecule is CC(C)(C)c1cn2nc(NC[C@H](c3ccco3)N3CCCC3)sc2n1. The van der Waals surface area contributed by atoms with Crippen LogP contribution < -0.4 is 5.32 Å². The number of hydrogen-bond donors (Lipinski definition) is 1. The molecule has 0 radical (unpaired) electrons. The van der Waals surface area contributed by atoms with E-state index in [2.05, 4.69) is 42.2 Å². The van der Waals surface area contributed by atoms with Crippen LogP contribution in [0.2, 0.25) is 0 Å². The number of hydrogen-bond acceptors (Lipinski definition) is 6. The molecule has 0 aromatic carbocycles. The van der Waals surface area contributed by atoms with Crippen molar-refractivity contribution in [1.82, 2.24) is 19.5 Å². The Balaban J connectivity index is 1.49. The van der Waals surface area contributed by atoms with E-state index in [1.54, 1.807) is 17.6 Å². The molecule has 134 valence electrons. The van der Waals surface area contributed by atoms with E-state index in [1.165, 1.54) is 12.8 Å². The van der Waals surface area contributed by atoms with Crippen molar-refractivity contribution in [3.63, 3.8) is 0 Å². The van der Waals surface area contributed by atoms with E-state index in [9.17, 15) is 0 Å². The minimum Gasteiger partial charge on any atom is -0.468 e. The van der Waals surface area contributed by atoms with E-state index < -0.39 is 0 Å². The molecule has 0 unspecified atom stereocenters. The van der Waals surface area contributed by atoms with Crippen LogP contribution in [-0.4, -0.2) is 39.1 Å². The Morgan fingerprint density at radius 2 is 2.12 bits per heavy atom. The van der Waals surface area contributed by atoms with E-state index in [-0.39, 0.29) is 11.5 Å². The topological polar surface area (TPSA) is 58.6 Å². The second-order valence-electron chi connectivity index (χ2n) is 7.67. The highest BCUT2D eigenvalue weighted by Gasteiger charge is 2.26. The molecule has 1 atom stereocenters. The molecule has 3 aromatic rings. The number of likely N-dealkylation sites (tertiary alicyclic amines) is 1. The zero-order valence-electron chi connectivity index (χ0n) is 15.0. The highest BCUT2D eigenvalue weighted by molar-refractivity contribution is 7.20. The van der Waals surface area contributed by atoms with Crippen molar-refractivity contribution in [2.24, 2.45) is 0 Å². The molecule has 25 heavy (non-hydrogen) atoms. The Bertz CT molecular complexity index is 792. The number of aromatic nitrogens is 3. The number of furan rings is 1. The molecule has 6 nitrogen and oxygen atoms in total. The molecule has 0 saturated carbocycles. The first kappa shape index (κ1) is 16.6. The Hall–Kier alpha value is -1.86. The third-order valence-corrected chi connectivity index (χ3v) is 5.59. The van der Waals surface area contributed by atoms with Crippen LogP contribution in [0.5, 0.6) is 0 Å². The molecular formula is C18H25N5OS. The van der Waals surface area contributed by atoms with Gasteiger partial charge in [-0.2, -0.15) is 0 Å². The van der Waals surface area contributed by atoms with Gasteiger partial charge in [0.25, 0.3) is 0 Å². The molecule has 7 heteroatoms. The maximum atomic E-state index is 5.68. The number of nitrogens with one attached hydrogen (secondary N) is 1. The maximum absolute atomic E-state index is 5.68. The summed E-state index contributed by atoms with van der Waals surface area (Å²) in [5.74, 6) is 1.02. The quantitative estimate of drug-likeness (QED) is 0.748. The Labute approximate surface area is 151 Å². The first-order valence-corrected chi connectivity index (χ1v) is 9.70. The fourth-order valence-electron chi connectivity index (χ4n) is 3.26. The molecule has 0 spiro atoms. The highest BCUT2D eigenvalue weighted by atomic mass is 32.1. The van der Waals surface area contributed by atoms with Gasteiger partial charge in [0.2, 0.25) is 10.1 Å². The van der Waals surface area contributed by atoms with Crippen LogP contribution in [0.15, 0.2) is 29.0 Å². The number of nitrogens with zero attached hydrogens (tertiary/aromatic N) is 4. The van der Waals surface area contributed by atoms with Gasteiger partial charge in [0, 0.05) is 12.0 Å². The minimum absolute atomic E-state index is 0.0428.